The maximum atomic E-state index is 12.2. The molecule has 114 valence electrons. The first-order valence-corrected chi connectivity index (χ1v) is 9.18. The van der Waals surface area contributed by atoms with Crippen LogP contribution in [-0.2, 0) is 21.9 Å². The Labute approximate surface area is 124 Å². The Morgan fingerprint density at radius 3 is 2.75 bits per heavy atom. The van der Waals surface area contributed by atoms with Gasteiger partial charge in [0.25, 0.3) is 0 Å². The summed E-state index contributed by atoms with van der Waals surface area (Å²) in [4.78, 5) is 10.3. The summed E-state index contributed by atoms with van der Waals surface area (Å²) in [5.41, 5.74) is -0.167. The first-order valence-electron chi connectivity index (χ1n) is 6.80. The predicted molar refractivity (Wildman–Crippen MR) is 73.5 cm³/mol. The summed E-state index contributed by atoms with van der Waals surface area (Å²) in [6.07, 6.45) is 6.04. The molecule has 1 saturated carbocycles. The molecule has 2 rings (SSSR count). The third-order valence-electron chi connectivity index (χ3n) is 4.86. The van der Waals surface area contributed by atoms with Crippen LogP contribution in [0.5, 0.6) is 0 Å². The molecule has 0 aromatic rings. The second-order valence-corrected chi connectivity index (χ2v) is 8.28. The summed E-state index contributed by atoms with van der Waals surface area (Å²) in [5, 5.41) is 0. The summed E-state index contributed by atoms with van der Waals surface area (Å²) in [7, 11) is 3.41. The van der Waals surface area contributed by atoms with Crippen LogP contribution in [0.2, 0.25) is 4.82 Å². The van der Waals surface area contributed by atoms with Gasteiger partial charge in [0, 0.05) is 0 Å². The van der Waals surface area contributed by atoms with E-state index in [9.17, 15) is 8.63 Å². The van der Waals surface area contributed by atoms with Crippen molar-refractivity contribution in [2.24, 2.45) is 17.3 Å². The van der Waals surface area contributed by atoms with Crippen LogP contribution >= 0.6 is 0 Å². The molecule has 0 spiro atoms. The molecule has 2 bridgehead atoms. The van der Waals surface area contributed by atoms with E-state index in [0.29, 0.717) is 13.1 Å². The number of methoxy groups -OCH3 is 2. The van der Waals surface area contributed by atoms with Gasteiger partial charge in [-0.1, -0.05) is 0 Å². The van der Waals surface area contributed by atoms with Crippen LogP contribution in [-0.4, -0.2) is 47.6 Å². The fraction of sp³-hybridized carbons (Fsp3) is 0.786. The quantitative estimate of drug-likeness (QED) is 0.415. The van der Waals surface area contributed by atoms with Crippen LogP contribution in [0.4, 0.5) is 0 Å². The molecule has 0 aromatic carbocycles. The number of fused-ring (bicyclic) bond motifs is 2. The zero-order valence-corrected chi connectivity index (χ0v) is 13.8. The van der Waals surface area contributed by atoms with Crippen molar-refractivity contribution in [2.75, 3.05) is 20.8 Å². The van der Waals surface area contributed by atoms with E-state index in [0.717, 1.165) is 12.8 Å². The number of ether oxygens (including phenoxy) is 2. The van der Waals surface area contributed by atoms with Crippen LogP contribution < -0.4 is 0 Å². The van der Waals surface area contributed by atoms with Crippen LogP contribution in [0, 0.1) is 17.3 Å². The van der Waals surface area contributed by atoms with Gasteiger partial charge in [-0.3, -0.25) is 0 Å². The minimum atomic E-state index is -2.67. The fourth-order valence-electron chi connectivity index (χ4n) is 3.73. The molecule has 5 nitrogen and oxygen atoms in total. The van der Waals surface area contributed by atoms with Crippen molar-refractivity contribution in [2.45, 2.75) is 30.7 Å². The van der Waals surface area contributed by atoms with Crippen LogP contribution in [0.15, 0.2) is 12.2 Å². The second-order valence-electron chi connectivity index (χ2n) is 5.72. The molecule has 1 fully saturated rings. The summed E-state index contributed by atoms with van der Waals surface area (Å²) in [6.45, 7) is 3.03. The number of hydrogen-bond donors (Lipinski definition) is 0. The van der Waals surface area contributed by atoms with Gasteiger partial charge in [0.05, 0.1) is 0 Å². The molecule has 0 aliphatic heterocycles. The Kier molecular flexibility index (Phi) is 5.13. The average molecular weight is 349 g/mol. The number of carbonyl (C=O) groups excluding carboxylic acids is 1. The molecule has 20 heavy (non-hydrogen) atoms. The van der Waals surface area contributed by atoms with Crippen LogP contribution in [0.3, 0.4) is 0 Å². The molecule has 0 aromatic heterocycles. The van der Waals surface area contributed by atoms with E-state index in [2.05, 4.69) is 13.0 Å². The van der Waals surface area contributed by atoms with E-state index < -0.39 is 14.2 Å². The fourth-order valence-corrected chi connectivity index (χ4v) is 6.14. The normalized spacial score (nSPS) is 41.1. The standard InChI is InChI=1S/C14H22O5Se/c1-14-7-6-12(18-3)10(11(14)8-17-2)4-5-13(14)20(16)19-9-15/h4-5,9-13H,6-8H2,1-3H3/t10-,11-,12+,13?,14-,20?/m1/s1. The second kappa shape index (κ2) is 6.48. The van der Waals surface area contributed by atoms with Crippen molar-refractivity contribution in [1.82, 2.24) is 0 Å². The van der Waals surface area contributed by atoms with Crippen molar-refractivity contribution in [3.63, 3.8) is 0 Å². The Hall–Kier alpha value is -0.551. The van der Waals surface area contributed by atoms with Gasteiger partial charge < -0.3 is 0 Å². The molecule has 6 heteroatoms. The zero-order chi connectivity index (χ0) is 14.8. The monoisotopic (exact) mass is 350 g/mol. The van der Waals surface area contributed by atoms with Gasteiger partial charge in [-0.25, -0.2) is 0 Å². The van der Waals surface area contributed by atoms with Crippen molar-refractivity contribution in [3.8, 4) is 0 Å². The summed E-state index contributed by atoms with van der Waals surface area (Å²) in [6, 6.07) is 0. The SMILES string of the molecule is COC[C@@H]1[C@H]2C=CC([Se](=O)OC=O)[C@]1(C)CC[C@@H]2OC. The number of rotatable bonds is 6. The molecule has 0 N–H and O–H groups in total. The average Bonchev–Trinajstić information content (AvgIpc) is 2.41. The van der Waals surface area contributed by atoms with E-state index >= 15 is 0 Å². The van der Waals surface area contributed by atoms with Crippen molar-refractivity contribution < 1.29 is 21.9 Å². The Morgan fingerprint density at radius 1 is 1.40 bits per heavy atom. The van der Waals surface area contributed by atoms with Crippen molar-refractivity contribution >= 4 is 20.6 Å². The molecule has 0 amide bonds. The number of carbonyl (C=O) groups is 1. The Bertz CT molecular complexity index is 410. The molecule has 0 heterocycles. The van der Waals surface area contributed by atoms with E-state index in [1.807, 2.05) is 6.08 Å². The molecule has 2 unspecified atom stereocenters. The number of hydrogen-bond acceptors (Lipinski definition) is 5. The topological polar surface area (TPSA) is 61.8 Å². The maximum absolute atomic E-state index is 12.2. The van der Waals surface area contributed by atoms with Gasteiger partial charge in [-0.05, 0) is 0 Å². The number of allylic oxidation sites excluding steroid dienone is 1. The van der Waals surface area contributed by atoms with Gasteiger partial charge in [0.1, 0.15) is 0 Å². The summed E-state index contributed by atoms with van der Waals surface area (Å²) < 4.78 is 28.0. The van der Waals surface area contributed by atoms with E-state index in [1.54, 1.807) is 14.2 Å². The van der Waals surface area contributed by atoms with Gasteiger partial charge in [0.2, 0.25) is 0 Å². The Morgan fingerprint density at radius 2 is 2.15 bits per heavy atom. The molecule has 2 aliphatic rings. The van der Waals surface area contributed by atoms with Crippen molar-refractivity contribution in [1.29, 1.82) is 0 Å². The van der Waals surface area contributed by atoms with Gasteiger partial charge in [-0.15, -0.1) is 0 Å². The van der Waals surface area contributed by atoms with Gasteiger partial charge in [-0.2, -0.15) is 0 Å². The third kappa shape index (κ3) is 2.62. The van der Waals surface area contributed by atoms with Gasteiger partial charge >= 0.3 is 123 Å². The summed E-state index contributed by atoms with van der Waals surface area (Å²) in [5.74, 6) is 0.502. The molecular formula is C14H22O5Se. The van der Waals surface area contributed by atoms with Gasteiger partial charge in [0.15, 0.2) is 0 Å². The van der Waals surface area contributed by atoms with E-state index in [-0.39, 0.29) is 28.2 Å². The molecular weight excluding hydrogens is 327 g/mol. The molecule has 6 atom stereocenters. The minimum absolute atomic E-state index is 0.167. The summed E-state index contributed by atoms with van der Waals surface area (Å²) >= 11 is -2.67. The van der Waals surface area contributed by atoms with Crippen LogP contribution in [0.25, 0.3) is 0 Å². The first-order chi connectivity index (χ1) is 9.58. The predicted octanol–water partition coefficient (Wildman–Crippen LogP) is 1.71. The molecule has 0 saturated heterocycles. The van der Waals surface area contributed by atoms with E-state index in [1.165, 1.54) is 0 Å². The van der Waals surface area contributed by atoms with Crippen LogP contribution in [0.1, 0.15) is 19.8 Å². The van der Waals surface area contributed by atoms with E-state index in [4.69, 9.17) is 13.3 Å². The third-order valence-corrected chi connectivity index (χ3v) is 7.75. The Balaban J connectivity index is 2.33. The molecule has 0 radical (unpaired) electrons. The van der Waals surface area contributed by atoms with Crippen molar-refractivity contribution in [3.05, 3.63) is 12.2 Å². The zero-order valence-electron chi connectivity index (χ0n) is 12.1. The molecule has 2 aliphatic carbocycles. The first kappa shape index (κ1) is 15.8.